The van der Waals surface area contributed by atoms with E-state index in [-0.39, 0.29) is 6.54 Å². The number of nitrogens with zero attached hydrogens (tertiary/aromatic N) is 2. The number of carbonyl (C=O) groups excluding carboxylic acids is 2. The molecule has 2 atom stereocenters. The summed E-state index contributed by atoms with van der Waals surface area (Å²) in [5.41, 5.74) is 12.5. The van der Waals surface area contributed by atoms with Gasteiger partial charge in [0.1, 0.15) is 12.4 Å². The van der Waals surface area contributed by atoms with E-state index in [1.165, 1.54) is 4.90 Å². The topological polar surface area (TPSA) is 111 Å². The first-order valence-corrected chi connectivity index (χ1v) is 7.00. The Labute approximate surface area is 127 Å². The zero-order valence-electron chi connectivity index (χ0n) is 12.2. The van der Waals surface area contributed by atoms with Crippen LogP contribution in [0.25, 0.3) is 0 Å². The van der Waals surface area contributed by atoms with E-state index in [0.29, 0.717) is 18.0 Å². The van der Waals surface area contributed by atoms with Gasteiger partial charge in [0.2, 0.25) is 6.10 Å². The third kappa shape index (κ3) is 2.21. The first-order valence-electron chi connectivity index (χ1n) is 7.00. The second-order valence-electron chi connectivity index (χ2n) is 5.30. The average molecular weight is 306 g/mol. The molecule has 8 nitrogen and oxygen atoms in total. The van der Waals surface area contributed by atoms with Gasteiger partial charge in [-0.15, -0.1) is 0 Å². The number of anilines is 2. The third-order valence-corrected chi connectivity index (χ3v) is 3.94. The zero-order chi connectivity index (χ0) is 15.9. The first kappa shape index (κ1) is 14.5. The van der Waals surface area contributed by atoms with Crippen LogP contribution in [0, 0.1) is 0 Å². The number of rotatable bonds is 3. The summed E-state index contributed by atoms with van der Waals surface area (Å²) >= 11 is 0. The second kappa shape index (κ2) is 5.38. The highest BCUT2D eigenvalue weighted by molar-refractivity contribution is 5.97. The summed E-state index contributed by atoms with van der Waals surface area (Å²) in [6.45, 7) is 1.44. The van der Waals surface area contributed by atoms with Gasteiger partial charge < -0.3 is 25.8 Å². The normalized spacial score (nSPS) is 23.8. The van der Waals surface area contributed by atoms with Crippen LogP contribution >= 0.6 is 0 Å². The summed E-state index contributed by atoms with van der Waals surface area (Å²) in [5, 5.41) is 0. The highest BCUT2D eigenvalue weighted by atomic mass is 16.6. The number of amides is 2. The number of carbonyl (C=O) groups is 2. The smallest absolute Gasteiger partial charge is 0.415 e. The van der Waals surface area contributed by atoms with Crippen molar-refractivity contribution in [3.8, 4) is 5.75 Å². The number of hydrogen-bond donors (Lipinski definition) is 2. The van der Waals surface area contributed by atoms with Crippen molar-refractivity contribution in [2.24, 2.45) is 11.5 Å². The summed E-state index contributed by atoms with van der Waals surface area (Å²) in [5.74, 6) is -0.0300. The Hall–Kier alpha value is -2.48. The molecular weight excluding hydrogens is 288 g/mol. The van der Waals surface area contributed by atoms with Crippen LogP contribution in [0.15, 0.2) is 18.2 Å². The van der Waals surface area contributed by atoms with Crippen molar-refractivity contribution in [3.05, 3.63) is 18.2 Å². The minimum absolute atomic E-state index is 0.0667. The molecule has 2 heterocycles. The number of ether oxygens (including phenoxy) is 2. The fourth-order valence-electron chi connectivity index (χ4n) is 2.78. The molecule has 4 N–H and O–H groups in total. The largest absolute Gasteiger partial charge is 0.489 e. The van der Waals surface area contributed by atoms with Gasteiger partial charge in [0, 0.05) is 19.7 Å². The molecule has 0 spiro atoms. The highest BCUT2D eigenvalue weighted by Gasteiger charge is 2.45. The first-order chi connectivity index (χ1) is 10.5. The molecule has 3 rings (SSSR count). The van der Waals surface area contributed by atoms with E-state index in [4.69, 9.17) is 20.9 Å². The quantitative estimate of drug-likeness (QED) is 0.790. The number of primary amides is 1. The van der Waals surface area contributed by atoms with Crippen molar-refractivity contribution >= 4 is 23.4 Å². The fourth-order valence-corrected chi connectivity index (χ4v) is 2.78. The molecule has 8 heteroatoms. The van der Waals surface area contributed by atoms with Crippen LogP contribution in [0.2, 0.25) is 0 Å². The summed E-state index contributed by atoms with van der Waals surface area (Å²) in [7, 11) is 1.97. The minimum Gasteiger partial charge on any atom is -0.489 e. The minimum atomic E-state index is -1.04. The van der Waals surface area contributed by atoms with E-state index in [2.05, 4.69) is 4.90 Å². The molecule has 1 aromatic carbocycles. The molecule has 0 bridgehead atoms. The maximum Gasteiger partial charge on any atom is 0.415 e. The van der Waals surface area contributed by atoms with Gasteiger partial charge >= 0.3 is 6.09 Å². The molecule has 2 amide bonds. The molecule has 2 aliphatic rings. The predicted molar refractivity (Wildman–Crippen MR) is 80.0 cm³/mol. The van der Waals surface area contributed by atoms with E-state index in [0.717, 1.165) is 12.2 Å². The lowest BCUT2D eigenvalue weighted by Gasteiger charge is -2.29. The molecule has 2 aliphatic heterocycles. The molecule has 22 heavy (non-hydrogen) atoms. The van der Waals surface area contributed by atoms with Crippen molar-refractivity contribution in [1.29, 1.82) is 0 Å². The Morgan fingerprint density at radius 2 is 2.23 bits per heavy atom. The van der Waals surface area contributed by atoms with Gasteiger partial charge in [0.05, 0.1) is 24.0 Å². The number of hydrogen-bond acceptors (Lipinski definition) is 6. The molecule has 1 fully saturated rings. The molecular formula is C14H18N4O4. The van der Waals surface area contributed by atoms with Crippen LogP contribution in [0.5, 0.6) is 5.75 Å². The van der Waals surface area contributed by atoms with E-state index in [1.807, 2.05) is 13.1 Å². The Morgan fingerprint density at radius 3 is 2.91 bits per heavy atom. The fraction of sp³-hybridized carbons (Fsp3) is 0.429. The summed E-state index contributed by atoms with van der Waals surface area (Å²) in [6.07, 6.45) is -1.68. The zero-order valence-corrected chi connectivity index (χ0v) is 12.2. The van der Waals surface area contributed by atoms with Crippen molar-refractivity contribution in [2.75, 3.05) is 36.5 Å². The molecule has 118 valence electrons. The molecule has 0 saturated carbocycles. The SMILES string of the molecule is CN1CCOc2cc(N3C(=O)O[C@H](C(N)=O)C3CN)ccc21. The monoisotopic (exact) mass is 306 g/mol. The third-order valence-electron chi connectivity index (χ3n) is 3.94. The van der Waals surface area contributed by atoms with Crippen molar-refractivity contribution in [2.45, 2.75) is 12.1 Å². The van der Waals surface area contributed by atoms with Crippen LogP contribution < -0.4 is 26.0 Å². The summed E-state index contributed by atoms with van der Waals surface area (Å²) < 4.78 is 10.7. The molecule has 0 aromatic heterocycles. The van der Waals surface area contributed by atoms with Crippen molar-refractivity contribution in [1.82, 2.24) is 0 Å². The van der Waals surface area contributed by atoms with E-state index >= 15 is 0 Å². The Bertz CT molecular complexity index is 621. The van der Waals surface area contributed by atoms with Gasteiger partial charge in [0.25, 0.3) is 5.91 Å². The van der Waals surface area contributed by atoms with Crippen molar-refractivity contribution in [3.63, 3.8) is 0 Å². The molecule has 1 saturated heterocycles. The summed E-state index contributed by atoms with van der Waals surface area (Å²) in [4.78, 5) is 26.9. The lowest BCUT2D eigenvalue weighted by molar-refractivity contribution is -0.125. The van der Waals surface area contributed by atoms with Crippen molar-refractivity contribution < 1.29 is 19.1 Å². The second-order valence-corrected chi connectivity index (χ2v) is 5.30. The molecule has 1 unspecified atom stereocenters. The van der Waals surface area contributed by atoms with E-state index in [1.54, 1.807) is 12.1 Å². The Morgan fingerprint density at radius 1 is 1.45 bits per heavy atom. The lowest BCUT2D eigenvalue weighted by atomic mass is 10.1. The van der Waals surface area contributed by atoms with Gasteiger partial charge in [-0.05, 0) is 12.1 Å². The average Bonchev–Trinajstić information content (AvgIpc) is 2.84. The van der Waals surface area contributed by atoms with Crippen LogP contribution in [-0.2, 0) is 9.53 Å². The van der Waals surface area contributed by atoms with Crippen LogP contribution in [0.4, 0.5) is 16.2 Å². The van der Waals surface area contributed by atoms with Gasteiger partial charge in [-0.25, -0.2) is 4.79 Å². The molecule has 1 aromatic rings. The molecule has 0 radical (unpaired) electrons. The van der Waals surface area contributed by atoms with Crippen LogP contribution in [-0.4, -0.2) is 50.9 Å². The number of likely N-dealkylation sites (N-methyl/N-ethyl adjacent to an activating group) is 1. The van der Waals surface area contributed by atoms with Gasteiger partial charge in [-0.1, -0.05) is 0 Å². The number of cyclic esters (lactones) is 1. The van der Waals surface area contributed by atoms with E-state index in [9.17, 15) is 9.59 Å². The Balaban J connectivity index is 1.96. The molecule has 0 aliphatic carbocycles. The van der Waals surface area contributed by atoms with Crippen LogP contribution in [0.3, 0.4) is 0 Å². The maximum absolute atomic E-state index is 12.1. The highest BCUT2D eigenvalue weighted by Crippen LogP contribution is 2.36. The standard InChI is InChI=1S/C14H18N4O4/c1-17-4-5-21-11-6-8(2-3-9(11)17)18-10(7-15)12(13(16)19)22-14(18)20/h2-3,6,10,12H,4-5,7,15H2,1H3,(H2,16,19)/t10?,12-/m0/s1. The number of benzene rings is 1. The Kier molecular flexibility index (Phi) is 3.53. The van der Waals surface area contributed by atoms with Crippen LogP contribution in [0.1, 0.15) is 0 Å². The number of nitrogens with two attached hydrogens (primary N) is 2. The number of fused-ring (bicyclic) bond motifs is 1. The van der Waals surface area contributed by atoms with E-state index < -0.39 is 24.1 Å². The van der Waals surface area contributed by atoms with Gasteiger partial charge in [-0.3, -0.25) is 9.69 Å². The predicted octanol–water partition coefficient (Wildman–Crippen LogP) is -0.347. The van der Waals surface area contributed by atoms with Gasteiger partial charge in [-0.2, -0.15) is 0 Å². The van der Waals surface area contributed by atoms with Gasteiger partial charge in [0.15, 0.2) is 0 Å². The summed E-state index contributed by atoms with van der Waals surface area (Å²) in [6, 6.07) is 4.77. The maximum atomic E-state index is 12.1. The lowest BCUT2D eigenvalue weighted by Crippen LogP contribution is -2.47.